The van der Waals surface area contributed by atoms with Crippen molar-refractivity contribution in [1.29, 1.82) is 0 Å². The normalized spacial score (nSPS) is 18.0. The van der Waals surface area contributed by atoms with E-state index in [0.29, 0.717) is 13.0 Å². The third-order valence-corrected chi connectivity index (χ3v) is 4.50. The van der Waals surface area contributed by atoms with Crippen LogP contribution in [0.25, 0.3) is 0 Å². The topological polar surface area (TPSA) is 82.3 Å². The molecule has 2 atom stereocenters. The van der Waals surface area contributed by atoms with Crippen LogP contribution in [-0.2, 0) is 11.3 Å². The van der Waals surface area contributed by atoms with Crippen molar-refractivity contribution in [2.75, 3.05) is 13.1 Å². The zero-order valence-electron chi connectivity index (χ0n) is 13.9. The van der Waals surface area contributed by atoms with Gasteiger partial charge in [0.15, 0.2) is 0 Å². The van der Waals surface area contributed by atoms with Gasteiger partial charge in [0, 0.05) is 23.6 Å². The second-order valence-electron chi connectivity index (χ2n) is 5.99. The summed E-state index contributed by atoms with van der Waals surface area (Å²) in [4.78, 5) is 24.4. The third kappa shape index (κ3) is 6.13. The van der Waals surface area contributed by atoms with Gasteiger partial charge in [0.1, 0.15) is 6.04 Å². The van der Waals surface area contributed by atoms with E-state index in [2.05, 4.69) is 37.2 Å². The summed E-state index contributed by atoms with van der Waals surface area (Å²) in [6.07, 6.45) is 2.38. The fourth-order valence-corrected chi connectivity index (χ4v) is 2.90. The lowest BCUT2D eigenvalue weighted by Crippen LogP contribution is -2.52. The largest absolute Gasteiger partial charge is 0.350 e. The van der Waals surface area contributed by atoms with Gasteiger partial charge in [-0.15, -0.1) is 0 Å². The Morgan fingerprint density at radius 2 is 2.08 bits per heavy atom. The first-order valence-electron chi connectivity index (χ1n) is 8.38. The highest BCUT2D eigenvalue weighted by Gasteiger charge is 2.24. The highest BCUT2D eigenvalue weighted by molar-refractivity contribution is 9.10. The standard InChI is InChI=1S/C17H25BrN4O2/c1-2-3-15(16(23)21-14-8-9-19-11-14)22-17(24)20-10-12-4-6-13(18)7-5-12/h4-7,14-15,19H,2-3,8-11H2,1H3,(H,21,23)(H2,20,22,24). The number of halogens is 1. The van der Waals surface area contributed by atoms with Crippen LogP contribution >= 0.6 is 15.9 Å². The molecule has 1 aromatic rings. The van der Waals surface area contributed by atoms with E-state index in [0.717, 1.165) is 36.0 Å². The van der Waals surface area contributed by atoms with Gasteiger partial charge in [0.2, 0.25) is 5.91 Å². The van der Waals surface area contributed by atoms with Crippen LogP contribution in [0.5, 0.6) is 0 Å². The van der Waals surface area contributed by atoms with Crippen LogP contribution in [0.3, 0.4) is 0 Å². The summed E-state index contributed by atoms with van der Waals surface area (Å²) in [6, 6.07) is 7.07. The molecule has 7 heteroatoms. The number of hydrogen-bond acceptors (Lipinski definition) is 3. The van der Waals surface area contributed by atoms with Crippen molar-refractivity contribution in [2.45, 2.75) is 44.8 Å². The average Bonchev–Trinajstić information content (AvgIpc) is 3.07. The molecule has 1 aliphatic rings. The van der Waals surface area contributed by atoms with Gasteiger partial charge < -0.3 is 21.3 Å². The summed E-state index contributed by atoms with van der Waals surface area (Å²) in [5, 5.41) is 11.8. The number of urea groups is 1. The lowest BCUT2D eigenvalue weighted by atomic mass is 10.1. The Hall–Kier alpha value is -1.60. The molecule has 0 aliphatic carbocycles. The van der Waals surface area contributed by atoms with Crippen LogP contribution in [0.4, 0.5) is 4.79 Å². The first-order valence-corrected chi connectivity index (χ1v) is 9.17. The molecule has 1 aromatic carbocycles. The Kier molecular flexibility index (Phi) is 7.52. The molecule has 1 saturated heterocycles. The number of rotatable bonds is 7. The second kappa shape index (κ2) is 9.64. The number of nitrogens with one attached hydrogen (secondary N) is 4. The van der Waals surface area contributed by atoms with Gasteiger partial charge in [-0.1, -0.05) is 41.4 Å². The number of amides is 3. The molecule has 0 aromatic heterocycles. The Morgan fingerprint density at radius 3 is 2.71 bits per heavy atom. The van der Waals surface area contributed by atoms with Gasteiger partial charge in [0.25, 0.3) is 0 Å². The molecule has 4 N–H and O–H groups in total. The van der Waals surface area contributed by atoms with E-state index in [1.54, 1.807) is 0 Å². The molecule has 2 unspecified atom stereocenters. The average molecular weight is 397 g/mol. The molecule has 0 saturated carbocycles. The van der Waals surface area contributed by atoms with Gasteiger partial charge >= 0.3 is 6.03 Å². The molecule has 6 nitrogen and oxygen atoms in total. The lowest BCUT2D eigenvalue weighted by Gasteiger charge is -2.20. The van der Waals surface area contributed by atoms with Gasteiger partial charge in [-0.3, -0.25) is 4.79 Å². The Balaban J connectivity index is 1.80. The Morgan fingerprint density at radius 1 is 1.33 bits per heavy atom. The fourth-order valence-electron chi connectivity index (χ4n) is 2.63. The minimum Gasteiger partial charge on any atom is -0.350 e. The van der Waals surface area contributed by atoms with Crippen molar-refractivity contribution in [3.05, 3.63) is 34.3 Å². The fraction of sp³-hybridized carbons (Fsp3) is 0.529. The molecule has 1 fully saturated rings. The molecule has 1 heterocycles. The van der Waals surface area contributed by atoms with E-state index >= 15 is 0 Å². The summed E-state index contributed by atoms with van der Waals surface area (Å²) < 4.78 is 0.997. The van der Waals surface area contributed by atoms with E-state index in [9.17, 15) is 9.59 Å². The van der Waals surface area contributed by atoms with Crippen molar-refractivity contribution in [1.82, 2.24) is 21.3 Å². The van der Waals surface area contributed by atoms with E-state index < -0.39 is 6.04 Å². The molecule has 0 bridgehead atoms. The molecule has 24 heavy (non-hydrogen) atoms. The maximum Gasteiger partial charge on any atom is 0.315 e. The monoisotopic (exact) mass is 396 g/mol. The summed E-state index contributed by atoms with van der Waals surface area (Å²) in [7, 11) is 0. The van der Waals surface area contributed by atoms with Crippen LogP contribution in [0.2, 0.25) is 0 Å². The molecule has 0 radical (unpaired) electrons. The summed E-state index contributed by atoms with van der Waals surface area (Å²) in [5.74, 6) is -0.107. The Labute approximate surface area is 151 Å². The first-order chi connectivity index (χ1) is 11.6. The van der Waals surface area contributed by atoms with Crippen molar-refractivity contribution in [3.63, 3.8) is 0 Å². The van der Waals surface area contributed by atoms with Crippen molar-refractivity contribution in [3.8, 4) is 0 Å². The zero-order chi connectivity index (χ0) is 17.4. The molecule has 1 aliphatic heterocycles. The third-order valence-electron chi connectivity index (χ3n) is 3.97. The van der Waals surface area contributed by atoms with Crippen LogP contribution in [0.15, 0.2) is 28.7 Å². The summed E-state index contributed by atoms with van der Waals surface area (Å²) in [5.41, 5.74) is 1.00. The summed E-state index contributed by atoms with van der Waals surface area (Å²) in [6.45, 7) is 4.13. The minimum absolute atomic E-state index is 0.107. The summed E-state index contributed by atoms with van der Waals surface area (Å²) >= 11 is 3.38. The number of carbonyl (C=O) groups is 2. The quantitative estimate of drug-likeness (QED) is 0.567. The molecule has 2 rings (SSSR count). The first kappa shape index (κ1) is 18.7. The van der Waals surface area contributed by atoms with E-state index in [1.807, 2.05) is 31.2 Å². The predicted octanol–water partition coefficient (Wildman–Crippen LogP) is 1.90. The zero-order valence-corrected chi connectivity index (χ0v) is 15.5. The van der Waals surface area contributed by atoms with E-state index in [1.165, 1.54) is 0 Å². The van der Waals surface area contributed by atoms with Crippen LogP contribution in [0.1, 0.15) is 31.7 Å². The van der Waals surface area contributed by atoms with Crippen molar-refractivity contribution >= 4 is 27.9 Å². The van der Waals surface area contributed by atoms with E-state index in [4.69, 9.17) is 0 Å². The van der Waals surface area contributed by atoms with Crippen LogP contribution < -0.4 is 21.3 Å². The smallest absolute Gasteiger partial charge is 0.315 e. The highest BCUT2D eigenvalue weighted by atomic mass is 79.9. The van der Waals surface area contributed by atoms with Crippen LogP contribution in [0, 0.1) is 0 Å². The predicted molar refractivity (Wildman–Crippen MR) is 97.6 cm³/mol. The number of hydrogen-bond donors (Lipinski definition) is 4. The van der Waals surface area contributed by atoms with Crippen LogP contribution in [-0.4, -0.2) is 37.1 Å². The maximum absolute atomic E-state index is 12.3. The Bertz CT molecular complexity index is 544. The van der Waals surface area contributed by atoms with Crippen molar-refractivity contribution in [2.24, 2.45) is 0 Å². The molecular formula is C17H25BrN4O2. The highest BCUT2D eigenvalue weighted by Crippen LogP contribution is 2.10. The molecule has 3 amide bonds. The molecule has 132 valence electrons. The van der Waals surface area contributed by atoms with Gasteiger partial charge in [-0.05, 0) is 37.1 Å². The molecular weight excluding hydrogens is 372 g/mol. The maximum atomic E-state index is 12.3. The van der Waals surface area contributed by atoms with Gasteiger partial charge in [0.05, 0.1) is 0 Å². The second-order valence-corrected chi connectivity index (χ2v) is 6.91. The number of carbonyl (C=O) groups excluding carboxylic acids is 2. The lowest BCUT2D eigenvalue weighted by molar-refractivity contribution is -0.123. The molecule has 0 spiro atoms. The van der Waals surface area contributed by atoms with Crippen molar-refractivity contribution < 1.29 is 9.59 Å². The number of benzene rings is 1. The van der Waals surface area contributed by atoms with Gasteiger partial charge in [-0.2, -0.15) is 0 Å². The van der Waals surface area contributed by atoms with Gasteiger partial charge in [-0.25, -0.2) is 4.79 Å². The minimum atomic E-state index is -0.500. The SMILES string of the molecule is CCCC(NC(=O)NCc1ccc(Br)cc1)C(=O)NC1CCNC1. The van der Waals surface area contributed by atoms with E-state index in [-0.39, 0.29) is 18.0 Å².